The average Bonchev–Trinajstić information content (AvgIpc) is 2.20. The molecule has 0 saturated heterocycles. The van der Waals surface area contributed by atoms with Crippen molar-refractivity contribution in [2.45, 2.75) is 6.92 Å². The minimum absolute atomic E-state index is 0. The molecule has 1 aromatic carbocycles. The van der Waals surface area contributed by atoms with Crippen LogP contribution in [0.2, 0.25) is 0 Å². The molecule has 0 bridgehead atoms. The monoisotopic (exact) mass is 274 g/mol. The molecule has 0 saturated carbocycles. The first kappa shape index (κ1) is 11.1. The Labute approximate surface area is 97.9 Å². The molecule has 0 atom stereocenters. The minimum atomic E-state index is 0. The quantitative estimate of drug-likeness (QED) is 0.576. The molecule has 0 N–H and O–H groups in total. The molecular formula is C12H10NPd-. The van der Waals surface area contributed by atoms with Crippen LogP contribution in [-0.4, -0.2) is 4.98 Å². The third-order valence-electron chi connectivity index (χ3n) is 1.91. The van der Waals surface area contributed by atoms with E-state index in [-0.39, 0.29) is 20.4 Å². The van der Waals surface area contributed by atoms with E-state index in [1.807, 2.05) is 30.3 Å². The molecule has 0 spiro atoms. The van der Waals surface area contributed by atoms with Gasteiger partial charge in [0.25, 0.3) is 0 Å². The Balaban J connectivity index is 0.000000980. The van der Waals surface area contributed by atoms with Crippen LogP contribution in [0, 0.1) is 13.0 Å². The van der Waals surface area contributed by atoms with E-state index in [4.69, 9.17) is 0 Å². The normalized spacial score (nSPS) is 9.21. The molecule has 0 fully saturated rings. The molecule has 0 amide bonds. The van der Waals surface area contributed by atoms with E-state index < -0.39 is 0 Å². The van der Waals surface area contributed by atoms with Crippen molar-refractivity contribution in [1.82, 2.24) is 4.98 Å². The van der Waals surface area contributed by atoms with E-state index in [0.717, 1.165) is 11.3 Å². The number of hydrogen-bond donors (Lipinski definition) is 0. The summed E-state index contributed by atoms with van der Waals surface area (Å²) >= 11 is 0. The fourth-order valence-electron chi connectivity index (χ4n) is 1.18. The van der Waals surface area contributed by atoms with E-state index in [2.05, 4.69) is 24.0 Å². The first-order valence-corrected chi connectivity index (χ1v) is 4.26. The van der Waals surface area contributed by atoms with Gasteiger partial charge in [0.15, 0.2) is 0 Å². The van der Waals surface area contributed by atoms with Crippen molar-refractivity contribution in [1.29, 1.82) is 0 Å². The number of benzene rings is 1. The standard InChI is InChI=1S/C12H10N.Pd/c1-10-5-7-11(8-6-10)12-4-2-3-9-13-12;/h2-7,9H,1H3;/q-1;. The zero-order valence-corrected chi connectivity index (χ0v) is 9.36. The molecule has 1 heterocycles. The van der Waals surface area contributed by atoms with Gasteiger partial charge in [-0.2, -0.15) is 0 Å². The molecule has 0 aliphatic rings. The molecule has 2 rings (SSSR count). The van der Waals surface area contributed by atoms with Crippen LogP contribution in [0.4, 0.5) is 0 Å². The Kier molecular flexibility index (Phi) is 4.01. The summed E-state index contributed by atoms with van der Waals surface area (Å²) in [7, 11) is 0. The maximum atomic E-state index is 4.25. The third kappa shape index (κ3) is 2.51. The zero-order valence-electron chi connectivity index (χ0n) is 7.80. The maximum absolute atomic E-state index is 4.25. The van der Waals surface area contributed by atoms with Gasteiger partial charge >= 0.3 is 0 Å². The SMILES string of the molecule is Cc1c[c-]c(-c2ccccn2)cc1.[Pd]. The van der Waals surface area contributed by atoms with Gasteiger partial charge in [-0.15, -0.1) is 35.4 Å². The van der Waals surface area contributed by atoms with Crippen molar-refractivity contribution >= 4 is 0 Å². The second-order valence-electron chi connectivity index (χ2n) is 2.99. The molecule has 14 heavy (non-hydrogen) atoms. The Morgan fingerprint density at radius 3 is 2.57 bits per heavy atom. The summed E-state index contributed by atoms with van der Waals surface area (Å²) in [4.78, 5) is 4.25. The Bertz CT molecular complexity index is 381. The van der Waals surface area contributed by atoms with Crippen LogP contribution in [0.15, 0.2) is 42.6 Å². The predicted molar refractivity (Wildman–Crippen MR) is 53.2 cm³/mol. The summed E-state index contributed by atoms with van der Waals surface area (Å²) in [6.45, 7) is 2.05. The van der Waals surface area contributed by atoms with E-state index in [0.29, 0.717) is 0 Å². The Morgan fingerprint density at radius 2 is 2.00 bits per heavy atom. The number of pyridine rings is 1. The molecule has 1 aromatic heterocycles. The van der Waals surface area contributed by atoms with E-state index in [1.54, 1.807) is 6.20 Å². The summed E-state index contributed by atoms with van der Waals surface area (Å²) in [6.07, 6.45) is 1.79. The Hall–Kier alpha value is -0.968. The van der Waals surface area contributed by atoms with Crippen LogP contribution in [0.25, 0.3) is 11.3 Å². The number of hydrogen-bond acceptors (Lipinski definition) is 1. The number of rotatable bonds is 1. The molecule has 0 radical (unpaired) electrons. The van der Waals surface area contributed by atoms with Gasteiger partial charge in [-0.3, -0.25) is 0 Å². The average molecular weight is 275 g/mol. The van der Waals surface area contributed by atoms with Crippen molar-refractivity contribution in [3.63, 3.8) is 0 Å². The summed E-state index contributed by atoms with van der Waals surface area (Å²) in [5, 5.41) is 0. The maximum Gasteiger partial charge on any atom is 0.0160 e. The summed E-state index contributed by atoms with van der Waals surface area (Å²) in [6, 6.07) is 15.2. The van der Waals surface area contributed by atoms with Crippen LogP contribution in [0.5, 0.6) is 0 Å². The van der Waals surface area contributed by atoms with Crippen molar-refractivity contribution < 1.29 is 20.4 Å². The molecule has 0 aliphatic heterocycles. The Morgan fingerprint density at radius 1 is 1.14 bits per heavy atom. The van der Waals surface area contributed by atoms with E-state index in [9.17, 15) is 0 Å². The zero-order chi connectivity index (χ0) is 9.10. The van der Waals surface area contributed by atoms with Gasteiger partial charge in [0.2, 0.25) is 0 Å². The van der Waals surface area contributed by atoms with E-state index in [1.165, 1.54) is 5.56 Å². The first-order chi connectivity index (χ1) is 6.36. The first-order valence-electron chi connectivity index (χ1n) is 4.26. The molecule has 2 heteroatoms. The largest absolute Gasteiger partial charge is 0.305 e. The van der Waals surface area contributed by atoms with Gasteiger partial charge in [-0.1, -0.05) is 19.1 Å². The predicted octanol–water partition coefficient (Wildman–Crippen LogP) is 2.85. The van der Waals surface area contributed by atoms with Gasteiger partial charge in [-0.25, -0.2) is 0 Å². The van der Waals surface area contributed by atoms with E-state index >= 15 is 0 Å². The number of nitrogens with zero attached hydrogens (tertiary/aromatic N) is 1. The molecule has 74 valence electrons. The van der Waals surface area contributed by atoms with Gasteiger partial charge in [0.1, 0.15) is 0 Å². The number of aryl methyl sites for hydroxylation is 1. The molecular weight excluding hydrogens is 265 g/mol. The van der Waals surface area contributed by atoms with Crippen LogP contribution < -0.4 is 0 Å². The van der Waals surface area contributed by atoms with Crippen LogP contribution >= 0.6 is 0 Å². The number of aromatic nitrogens is 1. The smallest absolute Gasteiger partial charge is 0.0160 e. The fourth-order valence-corrected chi connectivity index (χ4v) is 1.18. The molecule has 0 unspecified atom stereocenters. The van der Waals surface area contributed by atoms with Crippen molar-refractivity contribution in [2.24, 2.45) is 0 Å². The minimum Gasteiger partial charge on any atom is -0.305 e. The molecule has 2 aromatic rings. The fraction of sp³-hybridized carbons (Fsp3) is 0.0833. The second-order valence-corrected chi connectivity index (χ2v) is 2.99. The van der Waals surface area contributed by atoms with Gasteiger partial charge in [0.05, 0.1) is 0 Å². The van der Waals surface area contributed by atoms with Gasteiger partial charge in [0, 0.05) is 26.6 Å². The van der Waals surface area contributed by atoms with Crippen LogP contribution in [0.3, 0.4) is 0 Å². The van der Waals surface area contributed by atoms with Crippen molar-refractivity contribution in [2.75, 3.05) is 0 Å². The van der Waals surface area contributed by atoms with Crippen LogP contribution in [-0.2, 0) is 20.4 Å². The molecule has 1 nitrogen and oxygen atoms in total. The summed E-state index contributed by atoms with van der Waals surface area (Å²) in [5.74, 6) is 0. The topological polar surface area (TPSA) is 12.9 Å². The van der Waals surface area contributed by atoms with Crippen LogP contribution in [0.1, 0.15) is 5.56 Å². The van der Waals surface area contributed by atoms with Gasteiger partial charge < -0.3 is 4.98 Å². The summed E-state index contributed by atoms with van der Waals surface area (Å²) in [5.41, 5.74) is 3.24. The summed E-state index contributed by atoms with van der Waals surface area (Å²) < 4.78 is 0. The second kappa shape index (κ2) is 5.05. The van der Waals surface area contributed by atoms with Gasteiger partial charge in [-0.05, 0) is 11.8 Å². The van der Waals surface area contributed by atoms with Crippen molar-refractivity contribution in [3.05, 3.63) is 54.2 Å². The third-order valence-corrected chi connectivity index (χ3v) is 1.91. The van der Waals surface area contributed by atoms with Crippen molar-refractivity contribution in [3.8, 4) is 11.3 Å². The molecule has 0 aliphatic carbocycles.